The zero-order valence-corrected chi connectivity index (χ0v) is 13.2. The zero-order chi connectivity index (χ0) is 16.1. The van der Waals surface area contributed by atoms with E-state index in [4.69, 9.17) is 4.74 Å². The van der Waals surface area contributed by atoms with Gasteiger partial charge in [0.2, 0.25) is 0 Å². The Labute approximate surface area is 129 Å². The third-order valence-electron chi connectivity index (χ3n) is 3.17. The second-order valence-corrected chi connectivity index (χ2v) is 4.92. The summed E-state index contributed by atoms with van der Waals surface area (Å²) in [6.45, 7) is -0.0942. The number of methoxy groups -OCH3 is 1. The van der Waals surface area contributed by atoms with Crippen LogP contribution in [0.15, 0.2) is 40.6 Å². The summed E-state index contributed by atoms with van der Waals surface area (Å²) in [5.74, 6) is 1.09. The molecule has 7 heteroatoms. The van der Waals surface area contributed by atoms with E-state index in [0.29, 0.717) is 17.4 Å². The van der Waals surface area contributed by atoms with E-state index in [1.54, 1.807) is 31.0 Å². The molecule has 0 amide bonds. The predicted molar refractivity (Wildman–Crippen MR) is 82.8 cm³/mol. The Bertz CT molecular complexity index is 686. The molecule has 0 radical (unpaired) electrons. The summed E-state index contributed by atoms with van der Waals surface area (Å²) in [5, 5.41) is 22.0. The van der Waals surface area contributed by atoms with Gasteiger partial charge in [0, 0.05) is 37.5 Å². The first kappa shape index (κ1) is 15.8. The van der Waals surface area contributed by atoms with E-state index in [2.05, 4.69) is 15.3 Å². The van der Waals surface area contributed by atoms with Crippen molar-refractivity contribution in [2.24, 2.45) is 17.3 Å². The Morgan fingerprint density at radius 2 is 2.00 bits per heavy atom. The molecule has 0 atom stereocenters. The summed E-state index contributed by atoms with van der Waals surface area (Å²) >= 11 is 0. The van der Waals surface area contributed by atoms with Crippen LogP contribution in [0.2, 0.25) is 0 Å². The predicted octanol–water partition coefficient (Wildman–Crippen LogP) is 1.89. The van der Waals surface area contributed by atoms with Crippen LogP contribution in [0, 0.1) is 0 Å². The summed E-state index contributed by atoms with van der Waals surface area (Å²) in [5.41, 5.74) is 2.35. The van der Waals surface area contributed by atoms with Gasteiger partial charge < -0.3 is 14.7 Å². The van der Waals surface area contributed by atoms with Crippen LogP contribution >= 0.6 is 0 Å². The molecule has 1 N–H and O–H groups in total. The molecule has 0 aliphatic heterocycles. The van der Waals surface area contributed by atoms with Crippen LogP contribution in [-0.4, -0.2) is 31.4 Å². The number of aromatic nitrogens is 2. The first-order valence-corrected chi connectivity index (χ1v) is 6.79. The van der Waals surface area contributed by atoms with E-state index in [9.17, 15) is 5.11 Å². The highest BCUT2D eigenvalue weighted by Crippen LogP contribution is 2.26. The number of anilines is 1. The summed E-state index contributed by atoms with van der Waals surface area (Å²) in [7, 11) is 7.21. The second-order valence-electron chi connectivity index (χ2n) is 4.92. The monoisotopic (exact) mass is 302 g/mol. The maximum Gasteiger partial charge on any atom is 0.370 e. The molecule has 1 aromatic heterocycles. The van der Waals surface area contributed by atoms with Gasteiger partial charge in [0.1, 0.15) is 12.7 Å². The van der Waals surface area contributed by atoms with Crippen molar-refractivity contribution >= 4 is 17.2 Å². The van der Waals surface area contributed by atoms with Gasteiger partial charge in [-0.05, 0) is 28.4 Å². The molecule has 0 aliphatic rings. The van der Waals surface area contributed by atoms with Gasteiger partial charge in [-0.3, -0.25) is 0 Å². The fourth-order valence-corrected chi connectivity index (χ4v) is 1.87. The average molecular weight is 302 g/mol. The Balaban J connectivity index is 2.30. The molecule has 1 aromatic carbocycles. The molecule has 0 fully saturated rings. The van der Waals surface area contributed by atoms with Crippen molar-refractivity contribution in [3.05, 3.63) is 35.9 Å². The molecule has 0 saturated heterocycles. The van der Waals surface area contributed by atoms with Crippen LogP contribution in [0.4, 0.5) is 17.2 Å². The highest BCUT2D eigenvalue weighted by molar-refractivity contribution is 5.57. The topological polar surface area (TPSA) is 74.2 Å². The fourth-order valence-electron chi connectivity index (χ4n) is 1.87. The number of aryl methyl sites for hydroxylation is 1. The lowest BCUT2D eigenvalue weighted by Gasteiger charge is -2.13. The minimum absolute atomic E-state index is 0.0942. The quantitative estimate of drug-likeness (QED) is 0.676. The van der Waals surface area contributed by atoms with Crippen LogP contribution in [-0.2, 0) is 13.7 Å². The molecule has 7 nitrogen and oxygen atoms in total. The molecule has 2 aromatic rings. The van der Waals surface area contributed by atoms with E-state index in [0.717, 1.165) is 11.3 Å². The van der Waals surface area contributed by atoms with Crippen molar-refractivity contribution in [2.45, 2.75) is 6.61 Å². The summed E-state index contributed by atoms with van der Waals surface area (Å²) < 4.78 is 6.62. The number of benzene rings is 1. The highest BCUT2D eigenvalue weighted by Gasteiger charge is 2.11. The van der Waals surface area contributed by atoms with Crippen LogP contribution in [0.5, 0.6) is 5.88 Å². The zero-order valence-electron chi connectivity index (χ0n) is 13.2. The van der Waals surface area contributed by atoms with Crippen molar-refractivity contribution in [1.29, 1.82) is 0 Å². The van der Waals surface area contributed by atoms with E-state index in [1.165, 1.54) is 0 Å². The van der Waals surface area contributed by atoms with Crippen molar-refractivity contribution in [1.82, 2.24) is 5.10 Å². The van der Waals surface area contributed by atoms with Gasteiger partial charge in [0.05, 0.1) is 18.8 Å². The molecule has 0 spiro atoms. The summed E-state index contributed by atoms with van der Waals surface area (Å²) in [6, 6.07) is 9.14. The SMILES string of the molecule is COc1ccc(N=Nc2ccc(N(C)C)cc2CO)[n+](C)n1. The number of azo groups is 1. The van der Waals surface area contributed by atoms with Gasteiger partial charge >= 0.3 is 5.82 Å². The summed E-state index contributed by atoms with van der Waals surface area (Å²) in [4.78, 5) is 1.97. The van der Waals surface area contributed by atoms with Crippen LogP contribution in [0.3, 0.4) is 0 Å². The molecular weight excluding hydrogens is 282 g/mol. The van der Waals surface area contributed by atoms with Crippen LogP contribution < -0.4 is 14.3 Å². The number of nitrogens with zero attached hydrogens (tertiary/aromatic N) is 5. The maximum absolute atomic E-state index is 9.49. The number of hydrogen-bond donors (Lipinski definition) is 1. The Morgan fingerprint density at radius 3 is 2.59 bits per heavy atom. The molecule has 0 aliphatic carbocycles. The van der Waals surface area contributed by atoms with Gasteiger partial charge in [-0.2, -0.15) is 0 Å². The number of hydrogen-bond acceptors (Lipinski definition) is 6. The number of ether oxygens (including phenoxy) is 1. The number of aliphatic hydroxyl groups excluding tert-OH is 1. The standard InChI is InChI=1S/C15H20N5O2/c1-19(2)12-5-6-13(11(9-12)10-21)16-17-14-7-8-15(22-4)18-20(14)3/h5-9,21H,10H2,1-4H3/q+1. The maximum atomic E-state index is 9.49. The van der Waals surface area contributed by atoms with E-state index < -0.39 is 0 Å². The van der Waals surface area contributed by atoms with E-state index >= 15 is 0 Å². The van der Waals surface area contributed by atoms with Crippen molar-refractivity contribution in [3.8, 4) is 5.88 Å². The lowest BCUT2D eigenvalue weighted by atomic mass is 10.1. The molecule has 0 saturated carbocycles. The first-order chi connectivity index (χ1) is 10.5. The van der Waals surface area contributed by atoms with E-state index in [1.807, 2.05) is 37.2 Å². The van der Waals surface area contributed by atoms with Crippen molar-refractivity contribution < 1.29 is 14.5 Å². The van der Waals surface area contributed by atoms with Gasteiger partial charge in [-0.25, -0.2) is 0 Å². The molecule has 0 unspecified atom stereocenters. The molecule has 1 heterocycles. The number of rotatable bonds is 5. The third-order valence-corrected chi connectivity index (χ3v) is 3.17. The molecule has 2 rings (SSSR count). The molecule has 22 heavy (non-hydrogen) atoms. The van der Waals surface area contributed by atoms with Crippen LogP contribution in [0.25, 0.3) is 0 Å². The van der Waals surface area contributed by atoms with Crippen LogP contribution in [0.1, 0.15) is 5.56 Å². The fraction of sp³-hybridized carbons (Fsp3) is 0.333. The molecule has 0 bridgehead atoms. The largest absolute Gasteiger partial charge is 0.479 e. The second kappa shape index (κ2) is 6.95. The van der Waals surface area contributed by atoms with Gasteiger partial charge in [0.15, 0.2) is 0 Å². The minimum atomic E-state index is -0.0942. The van der Waals surface area contributed by atoms with Gasteiger partial charge in [-0.15, -0.1) is 4.68 Å². The third kappa shape index (κ3) is 3.56. The number of aliphatic hydroxyl groups is 1. The average Bonchev–Trinajstić information content (AvgIpc) is 2.53. The molecule has 116 valence electrons. The lowest BCUT2D eigenvalue weighted by Crippen LogP contribution is -2.33. The Morgan fingerprint density at radius 1 is 1.23 bits per heavy atom. The van der Waals surface area contributed by atoms with Gasteiger partial charge in [0.25, 0.3) is 5.88 Å². The highest BCUT2D eigenvalue weighted by atomic mass is 16.5. The summed E-state index contributed by atoms with van der Waals surface area (Å²) in [6.07, 6.45) is 0. The first-order valence-electron chi connectivity index (χ1n) is 6.79. The van der Waals surface area contributed by atoms with E-state index in [-0.39, 0.29) is 6.61 Å². The van der Waals surface area contributed by atoms with Crippen molar-refractivity contribution in [2.75, 3.05) is 26.1 Å². The molecular formula is C15H20N5O2+. The van der Waals surface area contributed by atoms with Gasteiger partial charge in [-0.1, -0.05) is 0 Å². The lowest BCUT2D eigenvalue weighted by molar-refractivity contribution is -0.718. The Hall–Kier alpha value is -2.54. The smallest absolute Gasteiger partial charge is 0.370 e. The minimum Gasteiger partial charge on any atom is -0.479 e. The Kier molecular flexibility index (Phi) is 5.00. The normalized spacial score (nSPS) is 11.0. The van der Waals surface area contributed by atoms with Crippen molar-refractivity contribution in [3.63, 3.8) is 0 Å².